The van der Waals surface area contributed by atoms with E-state index in [0.29, 0.717) is 57.5 Å². The van der Waals surface area contributed by atoms with Gasteiger partial charge < -0.3 is 24.4 Å². The summed E-state index contributed by atoms with van der Waals surface area (Å²) in [5.41, 5.74) is 3.47. The highest BCUT2D eigenvalue weighted by molar-refractivity contribution is 6.30. The Kier molecular flexibility index (Phi) is 6.93. The van der Waals surface area contributed by atoms with Crippen LogP contribution in [0.1, 0.15) is 15.9 Å². The van der Waals surface area contributed by atoms with E-state index in [9.17, 15) is 4.79 Å². The van der Waals surface area contributed by atoms with E-state index in [0.717, 1.165) is 11.3 Å². The Balaban J connectivity index is 1.58. The van der Waals surface area contributed by atoms with Gasteiger partial charge in [0, 0.05) is 29.9 Å². The molecule has 1 amide bonds. The average molecular weight is 532 g/mol. The van der Waals surface area contributed by atoms with Gasteiger partial charge in [-0.25, -0.2) is 4.98 Å². The second-order valence-electron chi connectivity index (χ2n) is 8.54. The fourth-order valence-electron chi connectivity index (χ4n) is 4.39. The zero-order valence-electron chi connectivity index (χ0n) is 21.4. The van der Waals surface area contributed by atoms with Gasteiger partial charge in [0.2, 0.25) is 11.7 Å². The van der Waals surface area contributed by atoms with E-state index in [1.54, 1.807) is 56.7 Å². The second kappa shape index (κ2) is 10.5. The Morgan fingerprint density at radius 1 is 0.921 bits per heavy atom. The van der Waals surface area contributed by atoms with Crippen LogP contribution < -0.4 is 29.3 Å². The number of aromatic nitrogens is 2. The predicted molar refractivity (Wildman–Crippen MR) is 148 cm³/mol. The summed E-state index contributed by atoms with van der Waals surface area (Å²) in [4.78, 5) is 26.7. The van der Waals surface area contributed by atoms with E-state index in [1.165, 1.54) is 0 Å². The lowest BCUT2D eigenvalue weighted by Gasteiger charge is -2.24. The van der Waals surface area contributed by atoms with Crippen LogP contribution in [0.3, 0.4) is 0 Å². The Hall–Kier alpha value is -4.50. The highest BCUT2D eigenvalue weighted by Crippen LogP contribution is 2.42. The first-order chi connectivity index (χ1) is 18.4. The van der Waals surface area contributed by atoms with E-state index < -0.39 is 0 Å². The number of carbonyl (C=O) groups is 1. The van der Waals surface area contributed by atoms with Crippen molar-refractivity contribution in [2.24, 2.45) is 0 Å². The quantitative estimate of drug-likeness (QED) is 0.319. The third-order valence-electron chi connectivity index (χ3n) is 6.27. The molecule has 0 spiro atoms. The number of amides is 1. The third kappa shape index (κ3) is 4.64. The smallest absolute Gasteiger partial charge is 0.260 e. The lowest BCUT2D eigenvalue weighted by Crippen LogP contribution is -2.30. The van der Waals surface area contributed by atoms with Gasteiger partial charge >= 0.3 is 0 Å². The number of fused-ring (bicyclic) bond motifs is 2. The lowest BCUT2D eigenvalue weighted by atomic mass is 10.1. The van der Waals surface area contributed by atoms with E-state index in [4.69, 9.17) is 30.8 Å². The maximum Gasteiger partial charge on any atom is 0.260 e. The minimum Gasteiger partial charge on any atom is -0.493 e. The SMILES string of the molecule is COc1cc(Nc2ncc3c(n2)N(C)c2ccccc2C(=O)N3Cc2ccc(Cl)cc2)cc(OC)c1OC. The Morgan fingerprint density at radius 3 is 2.26 bits per heavy atom. The second-order valence-corrected chi connectivity index (χ2v) is 8.97. The predicted octanol–water partition coefficient (Wildman–Crippen LogP) is 5.83. The number of anilines is 5. The molecule has 0 saturated heterocycles. The molecule has 0 unspecified atom stereocenters. The molecule has 0 radical (unpaired) electrons. The number of halogens is 1. The fourth-order valence-corrected chi connectivity index (χ4v) is 4.52. The van der Waals surface area contributed by atoms with Crippen molar-refractivity contribution >= 4 is 46.3 Å². The number of methoxy groups -OCH3 is 3. The molecule has 0 saturated carbocycles. The molecule has 194 valence electrons. The molecule has 1 N–H and O–H groups in total. The normalized spacial score (nSPS) is 12.4. The van der Waals surface area contributed by atoms with Gasteiger partial charge in [0.05, 0.1) is 45.3 Å². The molecule has 10 heteroatoms. The van der Waals surface area contributed by atoms with Crippen molar-refractivity contribution < 1.29 is 19.0 Å². The van der Waals surface area contributed by atoms with E-state index in [2.05, 4.69) is 10.3 Å². The van der Waals surface area contributed by atoms with E-state index in [-0.39, 0.29) is 5.91 Å². The van der Waals surface area contributed by atoms with Crippen molar-refractivity contribution in [1.82, 2.24) is 9.97 Å². The highest BCUT2D eigenvalue weighted by Gasteiger charge is 2.31. The number of nitrogens with one attached hydrogen (secondary N) is 1. The maximum atomic E-state index is 13.8. The van der Waals surface area contributed by atoms with Crippen molar-refractivity contribution in [2.75, 3.05) is 43.5 Å². The van der Waals surface area contributed by atoms with Crippen LogP contribution >= 0.6 is 11.6 Å². The van der Waals surface area contributed by atoms with Crippen LogP contribution in [0.15, 0.2) is 66.9 Å². The minimum absolute atomic E-state index is 0.143. The summed E-state index contributed by atoms with van der Waals surface area (Å²) in [6.07, 6.45) is 1.65. The van der Waals surface area contributed by atoms with Gasteiger partial charge in [-0.2, -0.15) is 4.98 Å². The van der Waals surface area contributed by atoms with E-state index in [1.807, 2.05) is 48.3 Å². The summed E-state index contributed by atoms with van der Waals surface area (Å²) in [6, 6.07) is 18.4. The summed E-state index contributed by atoms with van der Waals surface area (Å²) in [7, 11) is 6.54. The molecule has 1 aliphatic heterocycles. The van der Waals surface area contributed by atoms with Crippen molar-refractivity contribution in [3.8, 4) is 17.2 Å². The molecular formula is C28H26ClN5O4. The molecule has 0 atom stereocenters. The van der Waals surface area contributed by atoms with Gasteiger partial charge in [0.1, 0.15) is 5.69 Å². The summed E-state index contributed by atoms with van der Waals surface area (Å²) in [6.45, 7) is 0.328. The monoisotopic (exact) mass is 531 g/mol. The molecule has 0 fully saturated rings. The van der Waals surface area contributed by atoms with Gasteiger partial charge in [-0.1, -0.05) is 35.9 Å². The number of ether oxygens (including phenoxy) is 3. The summed E-state index contributed by atoms with van der Waals surface area (Å²) in [5.74, 6) is 2.24. The van der Waals surface area contributed by atoms with Crippen LogP contribution in [0.25, 0.3) is 0 Å². The molecule has 4 aromatic rings. The Morgan fingerprint density at radius 2 is 1.61 bits per heavy atom. The first-order valence-corrected chi connectivity index (χ1v) is 12.1. The molecule has 0 aliphatic carbocycles. The molecule has 38 heavy (non-hydrogen) atoms. The Bertz CT molecular complexity index is 1470. The zero-order chi connectivity index (χ0) is 26.8. The third-order valence-corrected chi connectivity index (χ3v) is 6.53. The molecule has 9 nitrogen and oxygen atoms in total. The molecule has 1 aromatic heterocycles. The number of para-hydroxylation sites is 1. The van der Waals surface area contributed by atoms with Gasteiger partial charge in [0.25, 0.3) is 5.91 Å². The molecular weight excluding hydrogens is 506 g/mol. The first-order valence-electron chi connectivity index (χ1n) is 11.8. The minimum atomic E-state index is -0.143. The van der Waals surface area contributed by atoms with Crippen LogP contribution in [0, 0.1) is 0 Å². The zero-order valence-corrected chi connectivity index (χ0v) is 22.1. The van der Waals surface area contributed by atoms with Crippen molar-refractivity contribution in [1.29, 1.82) is 0 Å². The molecule has 1 aliphatic rings. The molecule has 0 bridgehead atoms. The van der Waals surface area contributed by atoms with Crippen LogP contribution in [-0.4, -0.2) is 44.3 Å². The van der Waals surface area contributed by atoms with Crippen LogP contribution in [-0.2, 0) is 6.54 Å². The van der Waals surface area contributed by atoms with Crippen LogP contribution in [0.5, 0.6) is 17.2 Å². The summed E-state index contributed by atoms with van der Waals surface area (Å²) >= 11 is 6.08. The standard InChI is InChI=1S/C28H26ClN5O4/c1-33-21-8-6-5-7-20(21)27(35)34(16-17-9-11-18(29)12-10-17)22-15-30-28(32-26(22)33)31-19-13-23(36-2)25(38-4)24(14-19)37-3/h5-15H,16H2,1-4H3,(H,30,31,32). The largest absolute Gasteiger partial charge is 0.493 e. The fraction of sp³-hybridized carbons (Fsp3) is 0.179. The van der Waals surface area contributed by atoms with Gasteiger partial charge in [-0.15, -0.1) is 0 Å². The molecule has 5 rings (SSSR count). The summed E-state index contributed by atoms with van der Waals surface area (Å²) < 4.78 is 16.3. The van der Waals surface area contributed by atoms with Gasteiger partial charge in [-0.3, -0.25) is 9.69 Å². The van der Waals surface area contributed by atoms with Crippen LogP contribution in [0.4, 0.5) is 28.8 Å². The van der Waals surface area contributed by atoms with Crippen LogP contribution in [0.2, 0.25) is 5.02 Å². The van der Waals surface area contributed by atoms with Crippen molar-refractivity contribution in [2.45, 2.75) is 6.54 Å². The lowest BCUT2D eigenvalue weighted by molar-refractivity contribution is 0.0986. The number of hydrogen-bond acceptors (Lipinski definition) is 8. The average Bonchev–Trinajstić information content (AvgIpc) is 3.03. The number of carbonyl (C=O) groups excluding carboxylic acids is 1. The number of hydrogen-bond donors (Lipinski definition) is 1. The van der Waals surface area contributed by atoms with Gasteiger partial charge in [0.15, 0.2) is 17.3 Å². The van der Waals surface area contributed by atoms with Gasteiger partial charge in [-0.05, 0) is 29.8 Å². The first kappa shape index (κ1) is 25.2. The number of nitrogens with zero attached hydrogens (tertiary/aromatic N) is 4. The molecule has 3 aromatic carbocycles. The number of benzene rings is 3. The topological polar surface area (TPSA) is 89.0 Å². The van der Waals surface area contributed by atoms with Crippen molar-refractivity contribution in [3.05, 3.63) is 83.0 Å². The van der Waals surface area contributed by atoms with Crippen molar-refractivity contribution in [3.63, 3.8) is 0 Å². The number of rotatable bonds is 7. The Labute approximate surface area is 225 Å². The van der Waals surface area contributed by atoms with E-state index >= 15 is 0 Å². The highest BCUT2D eigenvalue weighted by atomic mass is 35.5. The maximum absolute atomic E-state index is 13.8. The molecule has 2 heterocycles. The summed E-state index contributed by atoms with van der Waals surface area (Å²) in [5, 5.41) is 3.85.